The Kier molecular flexibility index (Phi) is 3.93. The van der Waals surface area contributed by atoms with Crippen LogP contribution in [0.25, 0.3) is 0 Å². The van der Waals surface area contributed by atoms with E-state index in [0.717, 1.165) is 18.7 Å². The standard InChI is InChI=1S/C10H15N3O3S/c11-12-10(14)9-8(1-4-16-9)7-13-2-5-17(15)6-3-13/h1,4H,2-3,5-7,11H2,(H,12,14). The Labute approximate surface area is 102 Å². The van der Waals surface area contributed by atoms with Crippen LogP contribution < -0.4 is 11.3 Å². The van der Waals surface area contributed by atoms with Crippen molar-refractivity contribution in [1.29, 1.82) is 0 Å². The summed E-state index contributed by atoms with van der Waals surface area (Å²) in [7, 11) is -0.689. The van der Waals surface area contributed by atoms with Crippen molar-refractivity contribution in [3.63, 3.8) is 0 Å². The summed E-state index contributed by atoms with van der Waals surface area (Å²) in [5.41, 5.74) is 2.86. The Morgan fingerprint density at radius 3 is 2.88 bits per heavy atom. The molecule has 0 unspecified atom stereocenters. The molecule has 0 spiro atoms. The highest BCUT2D eigenvalue weighted by atomic mass is 32.2. The van der Waals surface area contributed by atoms with Crippen LogP contribution in [0.5, 0.6) is 0 Å². The smallest absolute Gasteiger partial charge is 0.301 e. The molecule has 0 bridgehead atoms. The minimum absolute atomic E-state index is 0.249. The monoisotopic (exact) mass is 257 g/mol. The number of nitrogens with one attached hydrogen (secondary N) is 1. The lowest BCUT2D eigenvalue weighted by molar-refractivity contribution is 0.0923. The largest absolute Gasteiger partial charge is 0.459 e. The van der Waals surface area contributed by atoms with Crippen molar-refractivity contribution in [3.05, 3.63) is 23.7 Å². The first kappa shape index (κ1) is 12.3. The second-order valence-corrected chi connectivity index (χ2v) is 5.57. The van der Waals surface area contributed by atoms with Crippen molar-refractivity contribution in [3.8, 4) is 0 Å². The first-order valence-corrected chi connectivity index (χ1v) is 6.84. The highest BCUT2D eigenvalue weighted by Gasteiger charge is 2.20. The van der Waals surface area contributed by atoms with E-state index >= 15 is 0 Å². The number of nitrogens with two attached hydrogens (primary N) is 1. The molecule has 0 aromatic carbocycles. The normalized spacial score (nSPS) is 18.2. The van der Waals surface area contributed by atoms with Gasteiger partial charge in [0, 0.05) is 47.5 Å². The van der Waals surface area contributed by atoms with Crippen molar-refractivity contribution in [2.45, 2.75) is 6.54 Å². The van der Waals surface area contributed by atoms with E-state index in [-0.39, 0.29) is 5.76 Å². The fourth-order valence-corrected chi connectivity index (χ4v) is 2.93. The van der Waals surface area contributed by atoms with Crippen molar-refractivity contribution in [2.75, 3.05) is 24.6 Å². The summed E-state index contributed by atoms with van der Waals surface area (Å²) in [5.74, 6) is 6.28. The van der Waals surface area contributed by atoms with Gasteiger partial charge in [0.15, 0.2) is 5.76 Å². The highest BCUT2D eigenvalue weighted by molar-refractivity contribution is 7.85. The molecule has 0 aliphatic carbocycles. The number of hydrogen-bond donors (Lipinski definition) is 2. The fourth-order valence-electron chi connectivity index (χ4n) is 1.80. The van der Waals surface area contributed by atoms with Gasteiger partial charge in [-0.15, -0.1) is 0 Å². The minimum atomic E-state index is -0.689. The number of hydrogen-bond acceptors (Lipinski definition) is 5. The lowest BCUT2D eigenvalue weighted by atomic mass is 10.2. The Morgan fingerprint density at radius 2 is 2.24 bits per heavy atom. The van der Waals surface area contributed by atoms with Crippen molar-refractivity contribution in [2.24, 2.45) is 5.84 Å². The molecule has 2 rings (SSSR count). The quantitative estimate of drug-likeness (QED) is 0.431. The van der Waals surface area contributed by atoms with Crippen LogP contribution in [0.4, 0.5) is 0 Å². The van der Waals surface area contributed by atoms with Gasteiger partial charge in [-0.2, -0.15) is 0 Å². The number of furan rings is 1. The van der Waals surface area contributed by atoms with Gasteiger partial charge in [0.05, 0.1) is 6.26 Å². The average molecular weight is 257 g/mol. The molecule has 7 heteroatoms. The zero-order valence-electron chi connectivity index (χ0n) is 9.35. The predicted molar refractivity (Wildman–Crippen MR) is 63.5 cm³/mol. The molecule has 17 heavy (non-hydrogen) atoms. The maximum atomic E-state index is 11.4. The third kappa shape index (κ3) is 2.93. The van der Waals surface area contributed by atoms with Crippen LogP contribution >= 0.6 is 0 Å². The molecule has 1 aliphatic heterocycles. The summed E-state index contributed by atoms with van der Waals surface area (Å²) in [5, 5.41) is 0. The lowest BCUT2D eigenvalue weighted by Crippen LogP contribution is -2.37. The molecule has 1 aromatic heterocycles. The maximum Gasteiger partial charge on any atom is 0.301 e. The minimum Gasteiger partial charge on any atom is -0.459 e. The van der Waals surface area contributed by atoms with Crippen molar-refractivity contribution in [1.82, 2.24) is 10.3 Å². The predicted octanol–water partition coefficient (Wildman–Crippen LogP) is -0.553. The summed E-state index contributed by atoms with van der Waals surface area (Å²) in [6, 6.07) is 1.76. The van der Waals surface area contributed by atoms with Gasteiger partial charge < -0.3 is 4.42 Å². The second-order valence-electron chi connectivity index (χ2n) is 3.87. The molecule has 1 saturated heterocycles. The number of rotatable bonds is 3. The number of carbonyl (C=O) groups excluding carboxylic acids is 1. The third-order valence-electron chi connectivity index (χ3n) is 2.75. The Morgan fingerprint density at radius 1 is 1.53 bits per heavy atom. The topological polar surface area (TPSA) is 88.6 Å². The maximum absolute atomic E-state index is 11.4. The van der Waals surface area contributed by atoms with E-state index in [1.54, 1.807) is 6.07 Å². The summed E-state index contributed by atoms with van der Waals surface area (Å²) in [4.78, 5) is 13.5. The first-order chi connectivity index (χ1) is 8.20. The van der Waals surface area contributed by atoms with E-state index in [1.165, 1.54) is 6.26 Å². The van der Waals surface area contributed by atoms with Crippen LogP contribution in [0.2, 0.25) is 0 Å². The average Bonchev–Trinajstić information content (AvgIpc) is 2.79. The number of nitrogen functional groups attached to an aromatic ring is 1. The SMILES string of the molecule is NNC(=O)c1occc1CN1CCS(=O)CC1. The lowest BCUT2D eigenvalue weighted by Gasteiger charge is -2.25. The molecule has 1 amide bonds. The van der Waals surface area contributed by atoms with E-state index in [0.29, 0.717) is 18.1 Å². The molecule has 3 N–H and O–H groups in total. The van der Waals surface area contributed by atoms with Crippen molar-refractivity contribution < 1.29 is 13.4 Å². The molecule has 1 aliphatic rings. The van der Waals surface area contributed by atoms with Gasteiger partial charge in [0.1, 0.15) is 0 Å². The molecular formula is C10H15N3O3S. The van der Waals surface area contributed by atoms with E-state index in [9.17, 15) is 9.00 Å². The molecule has 1 fully saturated rings. The van der Waals surface area contributed by atoms with Gasteiger partial charge >= 0.3 is 5.91 Å². The van der Waals surface area contributed by atoms with Crippen LogP contribution in [-0.4, -0.2) is 39.6 Å². The van der Waals surface area contributed by atoms with Gasteiger partial charge in [0.25, 0.3) is 0 Å². The number of hydrazine groups is 1. The molecule has 6 nitrogen and oxygen atoms in total. The van der Waals surface area contributed by atoms with E-state index < -0.39 is 16.7 Å². The van der Waals surface area contributed by atoms with Crippen molar-refractivity contribution >= 4 is 16.7 Å². The molecular weight excluding hydrogens is 242 g/mol. The van der Waals surface area contributed by atoms with E-state index in [1.807, 2.05) is 0 Å². The Balaban J connectivity index is 2.01. The van der Waals surface area contributed by atoms with Gasteiger partial charge in [-0.05, 0) is 6.07 Å². The molecule has 1 aromatic rings. The van der Waals surface area contributed by atoms with Crippen LogP contribution in [0.3, 0.4) is 0 Å². The van der Waals surface area contributed by atoms with Gasteiger partial charge in [-0.25, -0.2) is 5.84 Å². The fraction of sp³-hybridized carbons (Fsp3) is 0.500. The van der Waals surface area contributed by atoms with Crippen LogP contribution in [0, 0.1) is 0 Å². The van der Waals surface area contributed by atoms with Gasteiger partial charge in [-0.1, -0.05) is 0 Å². The highest BCUT2D eigenvalue weighted by Crippen LogP contribution is 2.14. The Bertz CT molecular complexity index is 422. The zero-order valence-corrected chi connectivity index (χ0v) is 10.2. The van der Waals surface area contributed by atoms with E-state index in [2.05, 4.69) is 10.3 Å². The van der Waals surface area contributed by atoms with Crippen LogP contribution in [-0.2, 0) is 17.3 Å². The van der Waals surface area contributed by atoms with Crippen LogP contribution in [0.15, 0.2) is 16.7 Å². The molecule has 0 radical (unpaired) electrons. The molecule has 0 atom stereocenters. The molecule has 0 saturated carbocycles. The third-order valence-corrected chi connectivity index (χ3v) is 4.02. The summed E-state index contributed by atoms with van der Waals surface area (Å²) < 4.78 is 16.3. The van der Waals surface area contributed by atoms with E-state index in [4.69, 9.17) is 10.3 Å². The second kappa shape index (κ2) is 5.44. The van der Waals surface area contributed by atoms with Crippen LogP contribution in [0.1, 0.15) is 16.1 Å². The molecule has 94 valence electrons. The number of amides is 1. The first-order valence-electron chi connectivity index (χ1n) is 5.35. The summed E-state index contributed by atoms with van der Waals surface area (Å²) in [6.07, 6.45) is 1.47. The summed E-state index contributed by atoms with van der Waals surface area (Å²) >= 11 is 0. The van der Waals surface area contributed by atoms with Gasteiger partial charge in [-0.3, -0.25) is 19.3 Å². The zero-order chi connectivity index (χ0) is 12.3. The number of carbonyl (C=O) groups is 1. The summed E-state index contributed by atoms with van der Waals surface area (Å²) in [6.45, 7) is 2.18. The Hall–Kier alpha value is -1.18. The molecule has 2 heterocycles. The number of nitrogens with zero attached hydrogens (tertiary/aromatic N) is 1. The van der Waals surface area contributed by atoms with Gasteiger partial charge in [0.2, 0.25) is 0 Å².